The summed E-state index contributed by atoms with van der Waals surface area (Å²) in [7, 11) is 0. The van der Waals surface area contributed by atoms with Crippen molar-refractivity contribution in [2.45, 2.75) is 12.1 Å². The van der Waals surface area contributed by atoms with Gasteiger partial charge in [0.2, 0.25) is 0 Å². The number of alkyl halides is 3. The van der Waals surface area contributed by atoms with Gasteiger partial charge in [-0.1, -0.05) is 72.5 Å². The van der Waals surface area contributed by atoms with Crippen LogP contribution in [0.3, 0.4) is 0 Å². The van der Waals surface area contributed by atoms with Crippen molar-refractivity contribution < 1.29 is 13.2 Å². The topological polar surface area (TPSA) is 0 Å². The summed E-state index contributed by atoms with van der Waals surface area (Å²) < 4.78 is 38.4. The fraction of sp³-hybridized carbons (Fsp3) is 0.0909. The van der Waals surface area contributed by atoms with E-state index in [9.17, 15) is 13.2 Å². The molecule has 0 saturated heterocycles. The molecule has 3 rings (SSSR count). The van der Waals surface area contributed by atoms with Crippen LogP contribution >= 0.6 is 0 Å². The van der Waals surface area contributed by atoms with Crippen LogP contribution in [0.1, 0.15) is 28.2 Å². The number of halogens is 3. The summed E-state index contributed by atoms with van der Waals surface area (Å²) in [6.07, 6.45) is -4.34. The lowest BCUT2D eigenvalue weighted by Crippen LogP contribution is -2.05. The van der Waals surface area contributed by atoms with E-state index in [0.717, 1.165) is 28.8 Å². The lowest BCUT2D eigenvalue weighted by molar-refractivity contribution is -0.137. The minimum absolute atomic E-state index is 0.288. The van der Waals surface area contributed by atoms with Crippen LogP contribution in [0.5, 0.6) is 0 Å². The van der Waals surface area contributed by atoms with Crippen molar-refractivity contribution in [3.63, 3.8) is 0 Å². The molecule has 0 nitrogen and oxygen atoms in total. The minimum Gasteiger partial charge on any atom is -0.166 e. The quantitative estimate of drug-likeness (QED) is 0.512. The van der Waals surface area contributed by atoms with Crippen LogP contribution in [0.25, 0.3) is 0 Å². The van der Waals surface area contributed by atoms with E-state index in [1.54, 1.807) is 0 Å². The molecule has 0 saturated carbocycles. The molecule has 0 amide bonds. The monoisotopic (exact) mass is 336 g/mol. The van der Waals surface area contributed by atoms with E-state index < -0.39 is 11.7 Å². The first-order valence-electron chi connectivity index (χ1n) is 7.83. The second-order valence-corrected chi connectivity index (χ2v) is 5.60. The Morgan fingerprint density at radius 2 is 1.16 bits per heavy atom. The Morgan fingerprint density at radius 1 is 0.640 bits per heavy atom. The van der Waals surface area contributed by atoms with Gasteiger partial charge < -0.3 is 0 Å². The first-order chi connectivity index (χ1) is 12.0. The van der Waals surface area contributed by atoms with Crippen molar-refractivity contribution in [2.75, 3.05) is 0 Å². The first kappa shape index (κ1) is 16.9. The fourth-order valence-electron chi connectivity index (χ4n) is 2.55. The number of hydrogen-bond acceptors (Lipinski definition) is 0. The van der Waals surface area contributed by atoms with Crippen LogP contribution < -0.4 is 0 Å². The van der Waals surface area contributed by atoms with Gasteiger partial charge in [0.15, 0.2) is 0 Å². The molecule has 1 atom stereocenters. The van der Waals surface area contributed by atoms with Gasteiger partial charge >= 0.3 is 6.18 Å². The van der Waals surface area contributed by atoms with Gasteiger partial charge in [0.25, 0.3) is 0 Å². The lowest BCUT2D eigenvalue weighted by Gasteiger charge is -2.13. The third-order valence-electron chi connectivity index (χ3n) is 3.84. The maximum atomic E-state index is 12.8. The van der Waals surface area contributed by atoms with E-state index in [0.29, 0.717) is 0 Å². The molecule has 25 heavy (non-hydrogen) atoms. The zero-order valence-corrected chi connectivity index (χ0v) is 13.3. The zero-order chi connectivity index (χ0) is 17.7. The highest BCUT2D eigenvalue weighted by Gasteiger charge is 2.30. The van der Waals surface area contributed by atoms with Gasteiger partial charge in [-0.2, -0.15) is 13.2 Å². The molecular formula is C22H15F3. The fourth-order valence-corrected chi connectivity index (χ4v) is 2.55. The SMILES string of the molecule is FC(F)(F)c1ccc(C(C#Cc2ccccc2)c2ccccc2)cc1. The van der Waals surface area contributed by atoms with Gasteiger partial charge in [0, 0.05) is 5.56 Å². The van der Waals surface area contributed by atoms with Crippen LogP contribution in [0.15, 0.2) is 84.9 Å². The van der Waals surface area contributed by atoms with Crippen LogP contribution in [-0.2, 0) is 6.18 Å². The molecule has 3 aromatic carbocycles. The highest BCUT2D eigenvalue weighted by molar-refractivity contribution is 5.45. The van der Waals surface area contributed by atoms with Crippen molar-refractivity contribution >= 4 is 0 Å². The van der Waals surface area contributed by atoms with Gasteiger partial charge in [-0.3, -0.25) is 0 Å². The maximum absolute atomic E-state index is 12.8. The highest BCUT2D eigenvalue weighted by Crippen LogP contribution is 2.31. The molecular weight excluding hydrogens is 321 g/mol. The highest BCUT2D eigenvalue weighted by atomic mass is 19.4. The maximum Gasteiger partial charge on any atom is 0.416 e. The summed E-state index contributed by atoms with van der Waals surface area (Å²) in [5.41, 5.74) is 1.91. The number of hydrogen-bond donors (Lipinski definition) is 0. The Balaban J connectivity index is 1.99. The molecule has 0 aromatic heterocycles. The smallest absolute Gasteiger partial charge is 0.166 e. The number of benzene rings is 3. The van der Waals surface area contributed by atoms with Gasteiger partial charge in [-0.25, -0.2) is 0 Å². The molecule has 0 heterocycles. The number of rotatable bonds is 2. The second kappa shape index (κ2) is 7.27. The third kappa shape index (κ3) is 4.30. The van der Waals surface area contributed by atoms with Crippen LogP contribution in [-0.4, -0.2) is 0 Å². The molecule has 0 N–H and O–H groups in total. The van der Waals surface area contributed by atoms with E-state index in [1.807, 2.05) is 60.7 Å². The summed E-state index contributed by atoms with van der Waals surface area (Å²) >= 11 is 0. The van der Waals surface area contributed by atoms with E-state index in [4.69, 9.17) is 0 Å². The molecule has 0 radical (unpaired) electrons. The zero-order valence-electron chi connectivity index (χ0n) is 13.3. The molecule has 0 aliphatic rings. The molecule has 124 valence electrons. The summed E-state index contributed by atoms with van der Waals surface area (Å²) in [6.45, 7) is 0. The Kier molecular flexibility index (Phi) is 4.90. The second-order valence-electron chi connectivity index (χ2n) is 5.60. The van der Waals surface area contributed by atoms with Gasteiger partial charge in [0.1, 0.15) is 0 Å². The van der Waals surface area contributed by atoms with Crippen molar-refractivity contribution in [1.82, 2.24) is 0 Å². The van der Waals surface area contributed by atoms with Crippen LogP contribution in [0.4, 0.5) is 13.2 Å². The van der Waals surface area contributed by atoms with E-state index in [-0.39, 0.29) is 5.92 Å². The van der Waals surface area contributed by atoms with Crippen LogP contribution in [0.2, 0.25) is 0 Å². The Morgan fingerprint density at radius 3 is 1.72 bits per heavy atom. The van der Waals surface area contributed by atoms with Crippen molar-refractivity contribution in [1.29, 1.82) is 0 Å². The molecule has 3 aromatic rings. The summed E-state index contributed by atoms with van der Waals surface area (Å²) in [4.78, 5) is 0. The predicted molar refractivity (Wildman–Crippen MR) is 93.0 cm³/mol. The largest absolute Gasteiger partial charge is 0.416 e. The average molecular weight is 336 g/mol. The van der Waals surface area contributed by atoms with E-state index >= 15 is 0 Å². The molecule has 3 heteroatoms. The molecule has 0 aliphatic heterocycles. The minimum atomic E-state index is -4.34. The molecule has 1 unspecified atom stereocenters. The Labute approximate surface area is 145 Å². The average Bonchev–Trinajstić information content (AvgIpc) is 2.63. The van der Waals surface area contributed by atoms with E-state index in [2.05, 4.69) is 11.8 Å². The Hall–Kier alpha value is -2.99. The first-order valence-corrected chi connectivity index (χ1v) is 7.83. The van der Waals surface area contributed by atoms with Crippen molar-refractivity contribution in [2.24, 2.45) is 0 Å². The van der Waals surface area contributed by atoms with Gasteiger partial charge in [-0.15, -0.1) is 0 Å². The van der Waals surface area contributed by atoms with Crippen molar-refractivity contribution in [3.05, 3.63) is 107 Å². The Bertz CT molecular complexity index is 868. The lowest BCUT2D eigenvalue weighted by atomic mass is 9.91. The van der Waals surface area contributed by atoms with Gasteiger partial charge in [0.05, 0.1) is 11.5 Å². The van der Waals surface area contributed by atoms with Gasteiger partial charge in [-0.05, 0) is 35.4 Å². The molecule has 0 aliphatic carbocycles. The molecule has 0 spiro atoms. The summed E-state index contributed by atoms with van der Waals surface area (Å²) in [6, 6.07) is 24.3. The van der Waals surface area contributed by atoms with E-state index in [1.165, 1.54) is 12.1 Å². The summed E-state index contributed by atoms with van der Waals surface area (Å²) in [5.74, 6) is 6.02. The molecule has 0 fully saturated rings. The normalized spacial score (nSPS) is 12.1. The van der Waals surface area contributed by atoms with Crippen LogP contribution in [0, 0.1) is 11.8 Å². The standard InChI is InChI=1S/C22H15F3/c23-22(24,25)20-14-12-19(13-15-20)21(18-9-5-2-6-10-18)16-11-17-7-3-1-4-8-17/h1-10,12-15,21H. The predicted octanol–water partition coefficient (Wildman–Crippen LogP) is 5.89. The summed E-state index contributed by atoms with van der Waals surface area (Å²) in [5, 5.41) is 0. The van der Waals surface area contributed by atoms with Crippen molar-refractivity contribution in [3.8, 4) is 11.8 Å². The third-order valence-corrected chi connectivity index (χ3v) is 3.84. The molecule has 0 bridgehead atoms.